The fourth-order valence-corrected chi connectivity index (χ4v) is 3.58. The monoisotopic (exact) mass is 373 g/mol. The van der Waals surface area contributed by atoms with Crippen LogP contribution in [0.2, 0.25) is 0 Å². The Labute approximate surface area is 167 Å². The van der Waals surface area contributed by atoms with Crippen molar-refractivity contribution in [3.8, 4) is 0 Å². The zero-order valence-corrected chi connectivity index (χ0v) is 17.7. The Morgan fingerprint density at radius 3 is 1.64 bits per heavy atom. The van der Waals surface area contributed by atoms with Crippen LogP contribution in [-0.4, -0.2) is 19.3 Å². The molecule has 6 nitrogen and oxygen atoms in total. The van der Waals surface area contributed by atoms with Gasteiger partial charge >= 0.3 is 32.8 Å². The molecule has 0 aliphatic rings. The van der Waals surface area contributed by atoms with E-state index in [9.17, 15) is 9.36 Å². The molecule has 0 fully saturated rings. The molecule has 2 N–H and O–H groups in total. The Morgan fingerprint density at radius 1 is 0.960 bits per heavy atom. The van der Waals surface area contributed by atoms with Gasteiger partial charge in [0.25, 0.3) is 0 Å². The molecule has 25 heavy (non-hydrogen) atoms. The average Bonchev–Trinajstić information content (AvgIpc) is 2.54. The van der Waals surface area contributed by atoms with Crippen molar-refractivity contribution in [2.75, 3.05) is 13.2 Å². The fourth-order valence-electron chi connectivity index (χ4n) is 2.39. The molecule has 0 saturated carbocycles. The minimum absolute atomic E-state index is 0. The molecule has 0 spiro atoms. The van der Waals surface area contributed by atoms with Crippen molar-refractivity contribution < 1.29 is 43.2 Å². The molecule has 0 aromatic carbocycles. The predicted octanol–water partition coefficient (Wildman–Crippen LogP) is 2.77. The first-order valence-corrected chi connectivity index (χ1v) is 10.7. The van der Waals surface area contributed by atoms with Crippen LogP contribution in [0.5, 0.6) is 0 Å². The Morgan fingerprint density at radius 2 is 1.36 bits per heavy atom. The molecule has 0 radical (unpaired) electrons. The fraction of sp³-hybridized carbons (Fsp3) is 0.941. The van der Waals surface area contributed by atoms with Gasteiger partial charge in [0.15, 0.2) is 0 Å². The van der Waals surface area contributed by atoms with Gasteiger partial charge in [0.05, 0.1) is 13.2 Å². The molecular weight excluding hydrogens is 336 g/mol. The van der Waals surface area contributed by atoms with Gasteiger partial charge in [0, 0.05) is 0 Å². The number of unbranched alkanes of at least 4 members (excludes halogenated alkanes) is 2. The molecule has 1 amide bonds. The number of amides is 1. The van der Waals surface area contributed by atoms with Crippen molar-refractivity contribution in [2.45, 2.75) is 79.1 Å². The van der Waals surface area contributed by atoms with Crippen molar-refractivity contribution >= 4 is 13.9 Å². The normalized spacial score (nSPS) is 15.7. The van der Waals surface area contributed by atoms with Gasteiger partial charge in [0.1, 0.15) is 0 Å². The van der Waals surface area contributed by atoms with Crippen LogP contribution >= 0.6 is 7.82 Å². The molecule has 8 heteroatoms. The molecule has 0 aromatic heterocycles. The van der Waals surface area contributed by atoms with Crippen molar-refractivity contribution in [1.29, 1.82) is 0 Å². The Hall–Kier alpha value is 0.0174. The van der Waals surface area contributed by atoms with E-state index in [1.54, 1.807) is 0 Å². The first-order valence-electron chi connectivity index (χ1n) is 9.28. The van der Waals surface area contributed by atoms with Crippen LogP contribution in [0.15, 0.2) is 0 Å². The average molecular weight is 373 g/mol. The van der Waals surface area contributed by atoms with E-state index in [1.165, 1.54) is 0 Å². The summed E-state index contributed by atoms with van der Waals surface area (Å²) in [5, 5.41) is 0. The van der Waals surface area contributed by atoms with Crippen LogP contribution < -0.4 is 24.6 Å². The second kappa shape index (κ2) is 16.2. The van der Waals surface area contributed by atoms with Crippen LogP contribution in [0, 0.1) is 11.8 Å². The third-order valence-electron chi connectivity index (χ3n) is 4.23. The molecule has 2 atom stereocenters. The molecule has 0 aromatic rings. The first-order chi connectivity index (χ1) is 11.4. The molecular formula is C17H37LiNO5P. The molecule has 2 unspecified atom stereocenters. The summed E-state index contributed by atoms with van der Waals surface area (Å²) < 4.78 is 28.1. The molecule has 0 bridgehead atoms. The minimum Gasteiger partial charge on any atom is -1.00 e. The van der Waals surface area contributed by atoms with Crippen molar-refractivity contribution in [3.05, 3.63) is 0 Å². The summed E-state index contributed by atoms with van der Waals surface area (Å²) in [4.78, 5) is 11.1. The van der Waals surface area contributed by atoms with E-state index in [2.05, 4.69) is 32.2 Å². The van der Waals surface area contributed by atoms with Gasteiger partial charge in [-0.05, 0) is 24.7 Å². The summed E-state index contributed by atoms with van der Waals surface area (Å²) in [7, 11) is -3.95. The molecule has 0 aliphatic heterocycles. The Balaban J connectivity index is -0.00000264. The second-order valence-corrected chi connectivity index (χ2v) is 7.88. The largest absolute Gasteiger partial charge is 1.00 e. The SMILES string of the molecule is CCCCC(CC)COP(=O)(OCC(CC)CCCC)OC(N)=O.[H-].[Li+]. The molecule has 0 heterocycles. The van der Waals surface area contributed by atoms with Crippen molar-refractivity contribution in [3.63, 3.8) is 0 Å². The van der Waals surface area contributed by atoms with Gasteiger partial charge in [-0.2, -0.15) is 0 Å². The molecule has 0 saturated heterocycles. The topological polar surface area (TPSA) is 87.8 Å². The molecule has 146 valence electrons. The van der Waals surface area contributed by atoms with Gasteiger partial charge in [-0.3, -0.25) is 9.05 Å². The summed E-state index contributed by atoms with van der Waals surface area (Å²) >= 11 is 0. The Bertz CT molecular complexity index is 366. The number of phosphoric ester groups is 1. The maximum absolute atomic E-state index is 12.6. The van der Waals surface area contributed by atoms with E-state index in [0.29, 0.717) is 0 Å². The summed E-state index contributed by atoms with van der Waals surface area (Å²) in [5.74, 6) is 0.529. The second-order valence-electron chi connectivity index (χ2n) is 6.28. The van der Waals surface area contributed by atoms with Crippen molar-refractivity contribution in [2.24, 2.45) is 17.6 Å². The number of carbonyl (C=O) groups is 1. The van der Waals surface area contributed by atoms with Gasteiger partial charge in [-0.15, -0.1) is 0 Å². The zero-order chi connectivity index (χ0) is 18.4. The quantitative estimate of drug-likeness (QED) is 0.352. The summed E-state index contributed by atoms with van der Waals surface area (Å²) in [5.41, 5.74) is 5.02. The molecule has 0 aliphatic carbocycles. The minimum atomic E-state index is -3.95. The third-order valence-corrected chi connectivity index (χ3v) is 5.56. The van der Waals surface area contributed by atoms with Crippen LogP contribution in [-0.2, 0) is 18.1 Å². The number of carbonyl (C=O) groups excluding carboxylic acids is 1. The summed E-state index contributed by atoms with van der Waals surface area (Å²) in [6.07, 6.45) is 7.00. The van der Waals surface area contributed by atoms with Gasteiger partial charge in [-0.25, -0.2) is 9.36 Å². The first kappa shape index (κ1) is 27.2. The van der Waals surface area contributed by atoms with Crippen LogP contribution in [0.3, 0.4) is 0 Å². The number of phosphoric acid groups is 1. The molecule has 0 rings (SSSR count). The summed E-state index contributed by atoms with van der Waals surface area (Å²) in [6, 6.07) is 0. The zero-order valence-electron chi connectivity index (χ0n) is 17.8. The van der Waals surface area contributed by atoms with E-state index in [4.69, 9.17) is 14.8 Å². The van der Waals surface area contributed by atoms with E-state index >= 15 is 0 Å². The van der Waals surface area contributed by atoms with Gasteiger partial charge in [-0.1, -0.05) is 66.2 Å². The standard InChI is InChI=1S/C17H36NO5P.Li.H/c1-5-9-11-15(7-3)13-21-24(20,23-17(18)19)22-14-16(8-4)12-10-6-2;;/h15-16H,5-14H2,1-4H3,(H2,18,19);;/q;+1;-1. The van der Waals surface area contributed by atoms with Crippen LogP contribution in [0.25, 0.3) is 0 Å². The van der Waals surface area contributed by atoms with Crippen LogP contribution in [0.4, 0.5) is 4.79 Å². The number of primary amides is 1. The Kier molecular flexibility index (Phi) is 17.7. The summed E-state index contributed by atoms with van der Waals surface area (Å²) in [6.45, 7) is 8.85. The third kappa shape index (κ3) is 13.8. The van der Waals surface area contributed by atoms with E-state index in [1.807, 2.05) is 0 Å². The number of nitrogens with two attached hydrogens (primary N) is 1. The maximum Gasteiger partial charge on any atom is 1.00 e. The predicted molar refractivity (Wildman–Crippen MR) is 97.9 cm³/mol. The van der Waals surface area contributed by atoms with Gasteiger partial charge in [0.2, 0.25) is 0 Å². The smallest absolute Gasteiger partial charge is 1.00 e. The van der Waals surface area contributed by atoms with Crippen molar-refractivity contribution in [1.82, 2.24) is 0 Å². The maximum atomic E-state index is 12.6. The van der Waals surface area contributed by atoms with Crippen LogP contribution in [0.1, 0.15) is 80.5 Å². The van der Waals surface area contributed by atoms with Gasteiger partial charge < -0.3 is 11.7 Å². The van der Waals surface area contributed by atoms with E-state index in [-0.39, 0.29) is 45.3 Å². The van der Waals surface area contributed by atoms with E-state index < -0.39 is 13.9 Å². The van der Waals surface area contributed by atoms with E-state index in [0.717, 1.165) is 51.4 Å². The number of hydrogen-bond acceptors (Lipinski definition) is 5. The number of rotatable bonds is 15. The number of hydrogen-bond donors (Lipinski definition) is 1.